The van der Waals surface area contributed by atoms with E-state index in [1.54, 1.807) is 19.3 Å². The Hall–Kier alpha value is -0.195. The SMILES string of the molecule is BC12CC3C4CC5(C=C)CC3C(C1)C(C5)C4C2. The largest absolute Gasteiger partial charge is 0.109 e. The predicted octanol–water partition coefficient (Wildman–Crippen LogP) is 3.06. The average Bonchev–Trinajstić information content (AvgIpc) is 2.33. The van der Waals surface area contributed by atoms with Crippen LogP contribution in [0.25, 0.3) is 0 Å². The molecule has 0 aromatic rings. The topological polar surface area (TPSA) is 0 Å². The van der Waals surface area contributed by atoms with Crippen molar-refractivity contribution >= 4 is 7.85 Å². The summed E-state index contributed by atoms with van der Waals surface area (Å²) in [5, 5.41) is 0.759. The van der Waals surface area contributed by atoms with Crippen LogP contribution in [-0.2, 0) is 0 Å². The van der Waals surface area contributed by atoms with Gasteiger partial charge in [0.15, 0.2) is 0 Å². The molecule has 7 aliphatic carbocycles. The van der Waals surface area contributed by atoms with Crippen molar-refractivity contribution in [2.45, 2.75) is 43.8 Å². The Labute approximate surface area is 106 Å². The summed E-state index contributed by atoms with van der Waals surface area (Å²) in [5.41, 5.74) is 0.592. The molecule has 0 saturated heterocycles. The second-order valence-electron chi connectivity index (χ2n) is 8.59. The van der Waals surface area contributed by atoms with Gasteiger partial charge in [-0.15, -0.1) is 6.58 Å². The number of hydrogen-bond acceptors (Lipinski definition) is 0. The molecular formula is C16H23B. The van der Waals surface area contributed by atoms with Crippen LogP contribution in [0.5, 0.6) is 0 Å². The van der Waals surface area contributed by atoms with Crippen LogP contribution in [0.3, 0.4) is 0 Å². The number of hydrogen-bond donors (Lipinski definition) is 0. The maximum Gasteiger partial charge on any atom is 0.109 e. The Morgan fingerprint density at radius 3 is 1.47 bits per heavy atom. The lowest BCUT2D eigenvalue weighted by atomic mass is 9.28. The highest BCUT2D eigenvalue weighted by Gasteiger charge is 2.68. The van der Waals surface area contributed by atoms with Gasteiger partial charge < -0.3 is 0 Å². The Morgan fingerprint density at radius 2 is 1.12 bits per heavy atom. The summed E-state index contributed by atoms with van der Waals surface area (Å²) in [4.78, 5) is 0. The van der Waals surface area contributed by atoms with Gasteiger partial charge >= 0.3 is 0 Å². The molecule has 0 nitrogen and oxygen atoms in total. The van der Waals surface area contributed by atoms with E-state index in [0.717, 1.165) is 40.8 Å². The van der Waals surface area contributed by atoms with Gasteiger partial charge in [-0.05, 0) is 60.2 Å². The first kappa shape index (κ1) is 9.70. The van der Waals surface area contributed by atoms with E-state index in [1.165, 1.54) is 19.3 Å². The van der Waals surface area contributed by atoms with Gasteiger partial charge in [-0.2, -0.15) is 0 Å². The summed E-state index contributed by atoms with van der Waals surface area (Å²) in [6, 6.07) is 0. The lowest BCUT2D eigenvalue weighted by molar-refractivity contribution is -0.216. The van der Waals surface area contributed by atoms with E-state index in [4.69, 9.17) is 0 Å². The van der Waals surface area contributed by atoms with E-state index in [9.17, 15) is 0 Å². The minimum absolute atomic E-state index is 0.592. The molecule has 17 heavy (non-hydrogen) atoms. The van der Waals surface area contributed by atoms with Gasteiger partial charge in [-0.25, -0.2) is 0 Å². The molecule has 0 spiro atoms. The van der Waals surface area contributed by atoms with E-state index in [1.807, 2.05) is 0 Å². The highest BCUT2D eigenvalue weighted by Crippen LogP contribution is 2.78. The Balaban J connectivity index is 1.66. The third-order valence-electron chi connectivity index (χ3n) is 7.84. The van der Waals surface area contributed by atoms with Crippen LogP contribution < -0.4 is 0 Å². The quantitative estimate of drug-likeness (QED) is 0.476. The molecule has 8 bridgehead atoms. The minimum Gasteiger partial charge on any atom is -0.103 e. The Kier molecular flexibility index (Phi) is 1.46. The zero-order valence-electron chi connectivity index (χ0n) is 11.0. The molecule has 0 heterocycles. The fourth-order valence-electron chi connectivity index (χ4n) is 7.59. The van der Waals surface area contributed by atoms with Crippen molar-refractivity contribution < 1.29 is 0 Å². The van der Waals surface area contributed by atoms with Crippen molar-refractivity contribution in [1.82, 2.24) is 0 Å². The number of rotatable bonds is 1. The van der Waals surface area contributed by atoms with Crippen LogP contribution in [0.2, 0.25) is 5.31 Å². The monoisotopic (exact) mass is 226 g/mol. The van der Waals surface area contributed by atoms with E-state index in [0.29, 0.717) is 5.41 Å². The molecule has 0 aliphatic heterocycles. The summed E-state index contributed by atoms with van der Waals surface area (Å²) < 4.78 is 0. The summed E-state index contributed by atoms with van der Waals surface area (Å²) in [6.07, 6.45) is 11.6. The maximum atomic E-state index is 4.20. The molecule has 7 rings (SSSR count). The first-order chi connectivity index (χ1) is 8.13. The summed E-state index contributed by atoms with van der Waals surface area (Å²) in [5.74, 6) is 6.70. The molecule has 1 heteroatoms. The summed E-state index contributed by atoms with van der Waals surface area (Å²) in [6.45, 7) is 4.20. The fourth-order valence-corrected chi connectivity index (χ4v) is 7.59. The number of allylic oxidation sites excluding steroid dienone is 1. The first-order valence-electron chi connectivity index (χ1n) is 7.77. The van der Waals surface area contributed by atoms with Crippen molar-refractivity contribution in [3.63, 3.8) is 0 Å². The molecule has 7 saturated carbocycles. The van der Waals surface area contributed by atoms with E-state index in [-0.39, 0.29) is 0 Å². The van der Waals surface area contributed by atoms with Gasteiger partial charge in [0, 0.05) is 0 Å². The normalized spacial score (nSPS) is 69.9. The highest BCUT2D eigenvalue weighted by molar-refractivity contribution is 6.15. The highest BCUT2D eigenvalue weighted by atomic mass is 14.7. The van der Waals surface area contributed by atoms with Gasteiger partial charge in [0.25, 0.3) is 0 Å². The molecule has 90 valence electrons. The minimum atomic E-state index is 0.592. The maximum absolute atomic E-state index is 4.20. The zero-order chi connectivity index (χ0) is 11.4. The van der Waals surface area contributed by atoms with Crippen LogP contribution >= 0.6 is 0 Å². The molecule has 0 aromatic carbocycles. The zero-order valence-corrected chi connectivity index (χ0v) is 11.0. The van der Waals surface area contributed by atoms with Crippen molar-refractivity contribution in [3.8, 4) is 0 Å². The van der Waals surface area contributed by atoms with Gasteiger partial charge in [0.2, 0.25) is 0 Å². The molecular weight excluding hydrogens is 203 g/mol. The first-order valence-corrected chi connectivity index (χ1v) is 7.77. The third-order valence-corrected chi connectivity index (χ3v) is 7.84. The molecule has 0 N–H and O–H groups in total. The standard InChI is InChI=1S/C16H23B/c1-2-15-3-9-12-6-16(17)7-13(9)11(5-15)14(8-16)10(12)4-15/h2,9-14H,1,3-8,17H2. The molecule has 0 atom stereocenters. The van der Waals surface area contributed by atoms with E-state index >= 15 is 0 Å². The van der Waals surface area contributed by atoms with Crippen LogP contribution in [0, 0.1) is 40.9 Å². The molecule has 0 unspecified atom stereocenters. The second-order valence-corrected chi connectivity index (χ2v) is 8.59. The molecule has 0 amide bonds. The van der Waals surface area contributed by atoms with E-state index in [2.05, 4.69) is 20.5 Å². The predicted molar refractivity (Wildman–Crippen MR) is 72.5 cm³/mol. The van der Waals surface area contributed by atoms with Gasteiger partial charge in [-0.1, -0.05) is 30.7 Å². The van der Waals surface area contributed by atoms with Crippen molar-refractivity contribution in [3.05, 3.63) is 12.7 Å². The molecule has 7 aliphatic rings. The van der Waals surface area contributed by atoms with Crippen molar-refractivity contribution in [2.24, 2.45) is 40.9 Å². The molecule has 7 fully saturated rings. The van der Waals surface area contributed by atoms with Crippen molar-refractivity contribution in [1.29, 1.82) is 0 Å². The van der Waals surface area contributed by atoms with Crippen LogP contribution in [0.15, 0.2) is 12.7 Å². The van der Waals surface area contributed by atoms with Crippen LogP contribution in [-0.4, -0.2) is 7.85 Å². The summed E-state index contributed by atoms with van der Waals surface area (Å²) in [7, 11) is 2.60. The Bertz CT molecular complexity index is 347. The lowest BCUT2D eigenvalue weighted by Gasteiger charge is -2.74. The smallest absolute Gasteiger partial charge is 0.103 e. The Morgan fingerprint density at radius 1 is 0.765 bits per heavy atom. The fraction of sp³-hybridized carbons (Fsp3) is 0.875. The average molecular weight is 226 g/mol. The van der Waals surface area contributed by atoms with Gasteiger partial charge in [0.1, 0.15) is 7.85 Å². The lowest BCUT2D eigenvalue weighted by Crippen LogP contribution is -2.65. The third kappa shape index (κ3) is 0.933. The van der Waals surface area contributed by atoms with Crippen LogP contribution in [0.1, 0.15) is 38.5 Å². The van der Waals surface area contributed by atoms with E-state index < -0.39 is 0 Å². The second kappa shape index (κ2) is 2.56. The van der Waals surface area contributed by atoms with Crippen LogP contribution in [0.4, 0.5) is 0 Å². The van der Waals surface area contributed by atoms with Gasteiger partial charge in [-0.3, -0.25) is 0 Å². The molecule has 0 radical (unpaired) electrons. The van der Waals surface area contributed by atoms with Gasteiger partial charge in [0.05, 0.1) is 0 Å². The summed E-state index contributed by atoms with van der Waals surface area (Å²) >= 11 is 0. The van der Waals surface area contributed by atoms with Crippen molar-refractivity contribution in [2.75, 3.05) is 0 Å². The molecule has 0 aromatic heterocycles.